The lowest BCUT2D eigenvalue weighted by molar-refractivity contribution is -0.137. The Balaban J connectivity index is 4.30. The van der Waals surface area contributed by atoms with Crippen molar-refractivity contribution in [2.45, 2.75) is 65.0 Å². The lowest BCUT2D eigenvalue weighted by atomic mass is 9.94. The summed E-state index contributed by atoms with van der Waals surface area (Å²) in [4.78, 5) is 22.3. The molecule has 0 heterocycles. The zero-order valence-electron chi connectivity index (χ0n) is 11.6. The highest BCUT2D eigenvalue weighted by Crippen LogP contribution is 2.15. The van der Waals surface area contributed by atoms with Crippen molar-refractivity contribution in [3.8, 4) is 0 Å². The summed E-state index contributed by atoms with van der Waals surface area (Å²) in [6, 6.07) is -0.930. The molecule has 0 aromatic heterocycles. The molecule has 5 heteroatoms. The Bertz CT molecular complexity index is 267. The van der Waals surface area contributed by atoms with E-state index in [0.29, 0.717) is 12.3 Å². The normalized spacial score (nSPS) is 15.8. The minimum Gasteiger partial charge on any atom is -0.481 e. The predicted molar refractivity (Wildman–Crippen MR) is 71.1 cm³/mol. The lowest BCUT2D eigenvalue weighted by Gasteiger charge is -2.21. The van der Waals surface area contributed by atoms with Crippen LogP contribution in [0.2, 0.25) is 0 Å². The second kappa shape index (κ2) is 8.91. The molecule has 0 rings (SSSR count). The quantitative estimate of drug-likeness (QED) is 0.584. The molecule has 3 atom stereocenters. The second-order valence-corrected chi connectivity index (χ2v) is 5.08. The maximum Gasteiger partial charge on any atom is 0.305 e. The van der Waals surface area contributed by atoms with Crippen LogP contribution in [0.4, 0.5) is 0 Å². The van der Waals surface area contributed by atoms with Crippen molar-refractivity contribution < 1.29 is 14.7 Å². The molecule has 0 radical (unpaired) electrons. The van der Waals surface area contributed by atoms with Gasteiger partial charge in [-0.25, -0.2) is 0 Å². The van der Waals surface area contributed by atoms with Gasteiger partial charge in [-0.05, 0) is 19.3 Å². The number of carbonyl (C=O) groups excluding carboxylic acids is 1. The van der Waals surface area contributed by atoms with Crippen LogP contribution in [0.5, 0.6) is 0 Å². The number of hydrogen-bond donors (Lipinski definition) is 3. The maximum atomic E-state index is 11.5. The van der Waals surface area contributed by atoms with Gasteiger partial charge in [0.15, 0.2) is 0 Å². The Labute approximate surface area is 109 Å². The van der Waals surface area contributed by atoms with Gasteiger partial charge in [-0.15, -0.1) is 0 Å². The molecule has 4 N–H and O–H groups in total. The van der Waals surface area contributed by atoms with E-state index in [0.717, 1.165) is 19.3 Å². The number of carboxylic acids is 1. The summed E-state index contributed by atoms with van der Waals surface area (Å²) in [7, 11) is 0. The highest BCUT2D eigenvalue weighted by Gasteiger charge is 2.20. The smallest absolute Gasteiger partial charge is 0.305 e. The van der Waals surface area contributed by atoms with Crippen molar-refractivity contribution in [1.29, 1.82) is 0 Å². The molecule has 1 amide bonds. The standard InChI is InChI=1S/C13H26N2O3/c1-4-5-6-9(2)7-11(8-12(16)17)15-13(18)10(3)14/h9-11H,4-8,14H2,1-3H3,(H,15,18)(H,16,17)/t9-,10+,11+/m1/s1. The average Bonchev–Trinajstić information content (AvgIpc) is 2.24. The highest BCUT2D eigenvalue weighted by atomic mass is 16.4. The molecule has 0 aliphatic carbocycles. The summed E-state index contributed by atoms with van der Waals surface area (Å²) in [5.74, 6) is -0.778. The van der Waals surface area contributed by atoms with Crippen molar-refractivity contribution in [2.24, 2.45) is 11.7 Å². The monoisotopic (exact) mass is 258 g/mol. The molecule has 5 nitrogen and oxygen atoms in total. The number of aliphatic carboxylic acids is 1. The maximum absolute atomic E-state index is 11.5. The van der Waals surface area contributed by atoms with Gasteiger partial charge in [0, 0.05) is 6.04 Å². The molecule has 106 valence electrons. The molecule has 0 saturated heterocycles. The van der Waals surface area contributed by atoms with E-state index in [2.05, 4.69) is 19.2 Å². The fraction of sp³-hybridized carbons (Fsp3) is 0.846. The Kier molecular flexibility index (Phi) is 8.37. The van der Waals surface area contributed by atoms with Gasteiger partial charge >= 0.3 is 5.97 Å². The molecule has 0 bridgehead atoms. The van der Waals surface area contributed by atoms with Crippen molar-refractivity contribution in [3.63, 3.8) is 0 Å². The van der Waals surface area contributed by atoms with Gasteiger partial charge in [0.25, 0.3) is 0 Å². The Morgan fingerprint density at radius 3 is 2.39 bits per heavy atom. The molecular weight excluding hydrogens is 232 g/mol. The fourth-order valence-corrected chi connectivity index (χ4v) is 1.89. The van der Waals surface area contributed by atoms with Gasteiger partial charge in [0.2, 0.25) is 5.91 Å². The fourth-order valence-electron chi connectivity index (χ4n) is 1.89. The van der Waals surface area contributed by atoms with Crippen LogP contribution >= 0.6 is 0 Å². The summed E-state index contributed by atoms with van der Waals surface area (Å²) < 4.78 is 0. The first kappa shape index (κ1) is 16.9. The number of unbranched alkanes of at least 4 members (excludes halogenated alkanes) is 1. The average molecular weight is 258 g/mol. The van der Waals surface area contributed by atoms with Crippen LogP contribution < -0.4 is 11.1 Å². The summed E-state index contributed by atoms with van der Waals surface area (Å²) in [6.07, 6.45) is 3.95. The first-order valence-corrected chi connectivity index (χ1v) is 6.64. The van der Waals surface area contributed by atoms with Gasteiger partial charge in [0.05, 0.1) is 12.5 Å². The van der Waals surface area contributed by atoms with Crippen molar-refractivity contribution in [1.82, 2.24) is 5.32 Å². The second-order valence-electron chi connectivity index (χ2n) is 5.08. The Hall–Kier alpha value is -1.10. The van der Waals surface area contributed by atoms with Crippen LogP contribution in [-0.2, 0) is 9.59 Å². The Morgan fingerprint density at radius 1 is 1.33 bits per heavy atom. The molecule has 0 fully saturated rings. The molecule has 0 spiro atoms. The molecule has 18 heavy (non-hydrogen) atoms. The van der Waals surface area contributed by atoms with Crippen molar-refractivity contribution in [2.75, 3.05) is 0 Å². The van der Waals surface area contributed by atoms with E-state index >= 15 is 0 Å². The van der Waals surface area contributed by atoms with E-state index in [9.17, 15) is 9.59 Å². The number of carbonyl (C=O) groups is 2. The number of rotatable bonds is 9. The van der Waals surface area contributed by atoms with Crippen molar-refractivity contribution in [3.05, 3.63) is 0 Å². The van der Waals surface area contributed by atoms with Gasteiger partial charge in [-0.2, -0.15) is 0 Å². The van der Waals surface area contributed by atoms with Gasteiger partial charge in [0.1, 0.15) is 0 Å². The first-order valence-electron chi connectivity index (χ1n) is 6.64. The zero-order valence-corrected chi connectivity index (χ0v) is 11.6. The Morgan fingerprint density at radius 2 is 1.94 bits per heavy atom. The number of carboxylic acid groups (broad SMARTS) is 1. The lowest BCUT2D eigenvalue weighted by Crippen LogP contribution is -2.45. The minimum absolute atomic E-state index is 0.0467. The largest absolute Gasteiger partial charge is 0.481 e. The van der Waals surface area contributed by atoms with Crippen LogP contribution in [0.1, 0.15) is 52.9 Å². The number of hydrogen-bond acceptors (Lipinski definition) is 3. The molecule has 0 aromatic carbocycles. The van der Waals surface area contributed by atoms with E-state index < -0.39 is 12.0 Å². The SMILES string of the molecule is CCCC[C@@H](C)C[C@@H](CC(=O)O)NC(=O)[C@H](C)N. The van der Waals surface area contributed by atoms with Crippen LogP contribution in [0.15, 0.2) is 0 Å². The third kappa shape index (κ3) is 8.06. The van der Waals surface area contributed by atoms with Gasteiger partial charge < -0.3 is 16.2 Å². The zero-order chi connectivity index (χ0) is 14.1. The topological polar surface area (TPSA) is 92.4 Å². The number of nitrogens with two attached hydrogens (primary N) is 1. The van der Waals surface area contributed by atoms with Crippen LogP contribution in [-0.4, -0.2) is 29.1 Å². The molecule has 0 aromatic rings. The third-order valence-electron chi connectivity index (χ3n) is 2.92. The first-order chi connectivity index (χ1) is 8.36. The van der Waals surface area contributed by atoms with E-state index in [1.165, 1.54) is 0 Å². The van der Waals surface area contributed by atoms with Crippen LogP contribution in [0.25, 0.3) is 0 Å². The molecule has 0 unspecified atom stereocenters. The van der Waals surface area contributed by atoms with E-state index in [4.69, 9.17) is 10.8 Å². The summed E-state index contributed by atoms with van der Waals surface area (Å²) in [6.45, 7) is 5.80. The predicted octanol–water partition coefficient (Wildman–Crippen LogP) is 1.51. The summed E-state index contributed by atoms with van der Waals surface area (Å²) in [5, 5.41) is 11.6. The van der Waals surface area contributed by atoms with E-state index in [1.807, 2.05) is 0 Å². The van der Waals surface area contributed by atoms with Crippen molar-refractivity contribution >= 4 is 11.9 Å². The molecular formula is C13H26N2O3. The van der Waals surface area contributed by atoms with Crippen LogP contribution in [0, 0.1) is 5.92 Å². The molecule has 0 saturated carbocycles. The number of nitrogens with one attached hydrogen (secondary N) is 1. The van der Waals surface area contributed by atoms with Gasteiger partial charge in [-0.3, -0.25) is 9.59 Å². The molecule has 0 aliphatic rings. The van der Waals surface area contributed by atoms with Gasteiger partial charge in [-0.1, -0.05) is 33.1 Å². The summed E-state index contributed by atoms with van der Waals surface area (Å²) in [5.41, 5.74) is 5.47. The third-order valence-corrected chi connectivity index (χ3v) is 2.92. The highest BCUT2D eigenvalue weighted by molar-refractivity contribution is 5.81. The molecule has 0 aliphatic heterocycles. The number of amides is 1. The van der Waals surface area contributed by atoms with E-state index in [1.54, 1.807) is 6.92 Å². The summed E-state index contributed by atoms with van der Waals surface area (Å²) >= 11 is 0. The van der Waals surface area contributed by atoms with Crippen LogP contribution in [0.3, 0.4) is 0 Å². The minimum atomic E-state index is -0.896. The van der Waals surface area contributed by atoms with E-state index in [-0.39, 0.29) is 18.4 Å².